The molecule has 0 aliphatic carbocycles. The number of hydrogen-bond acceptors (Lipinski definition) is 7. The fraction of sp³-hybridized carbons (Fsp3) is 0.400. The first-order valence-electron chi connectivity index (χ1n) is 10.8. The second-order valence-electron chi connectivity index (χ2n) is 7.79. The highest BCUT2D eigenvalue weighted by Crippen LogP contribution is 2.25. The normalized spacial score (nSPS) is 20.4. The predicted molar refractivity (Wildman–Crippen MR) is 121 cm³/mol. The summed E-state index contributed by atoms with van der Waals surface area (Å²) in [6, 6.07) is 17.3. The summed E-state index contributed by atoms with van der Waals surface area (Å²) in [6.45, 7) is 7.12. The smallest absolute Gasteiger partial charge is 0.366 e. The van der Waals surface area contributed by atoms with Crippen LogP contribution in [-0.4, -0.2) is 38.7 Å². The highest BCUT2D eigenvalue weighted by Gasteiger charge is 2.41. The molecule has 7 nitrogen and oxygen atoms in total. The third kappa shape index (κ3) is 6.82. The molecule has 2 aromatic carbocycles. The van der Waals surface area contributed by atoms with Gasteiger partial charge in [0, 0.05) is 12.8 Å². The van der Waals surface area contributed by atoms with Gasteiger partial charge in [0.05, 0.1) is 32.6 Å². The fourth-order valence-electron chi connectivity index (χ4n) is 3.27. The predicted octanol–water partition coefficient (Wildman–Crippen LogP) is 4.69. The molecule has 1 aliphatic heterocycles. The summed E-state index contributed by atoms with van der Waals surface area (Å²) >= 11 is 0. The monoisotopic (exact) mass is 441 g/mol. The molecule has 32 heavy (non-hydrogen) atoms. The van der Waals surface area contributed by atoms with Crippen molar-refractivity contribution < 1.29 is 28.6 Å². The number of para-hydroxylation sites is 1. The van der Waals surface area contributed by atoms with E-state index in [-0.39, 0.29) is 5.92 Å². The Morgan fingerprint density at radius 1 is 1.06 bits per heavy atom. The highest BCUT2D eigenvalue weighted by molar-refractivity contribution is 5.77. The zero-order chi connectivity index (χ0) is 22.8. The van der Waals surface area contributed by atoms with E-state index in [1.165, 1.54) is 7.11 Å². The minimum Gasteiger partial charge on any atom is -0.465 e. The molecule has 2 aromatic rings. The Hall–Kier alpha value is -2.87. The third-order valence-corrected chi connectivity index (χ3v) is 5.23. The molecule has 172 valence electrons. The van der Waals surface area contributed by atoms with E-state index in [2.05, 4.69) is 12.1 Å². The molecule has 7 heteroatoms. The van der Waals surface area contributed by atoms with Crippen molar-refractivity contribution in [2.24, 2.45) is 5.92 Å². The number of rotatable bonds is 11. The van der Waals surface area contributed by atoms with Crippen LogP contribution in [-0.2, 0) is 23.8 Å². The first-order chi connectivity index (χ1) is 15.5. The Labute approximate surface area is 189 Å². The Balaban J connectivity index is 1.28. The van der Waals surface area contributed by atoms with Gasteiger partial charge in [-0.05, 0) is 54.8 Å². The molecule has 0 spiro atoms. The van der Waals surface area contributed by atoms with E-state index < -0.39 is 11.8 Å². The first-order valence-corrected chi connectivity index (χ1v) is 10.8. The van der Waals surface area contributed by atoms with Gasteiger partial charge >= 0.3 is 5.97 Å². The van der Waals surface area contributed by atoms with Crippen LogP contribution in [0.5, 0.6) is 11.5 Å². The van der Waals surface area contributed by atoms with Gasteiger partial charge < -0.3 is 18.9 Å². The number of carbonyl (C=O) groups is 1. The van der Waals surface area contributed by atoms with E-state index >= 15 is 0 Å². The number of esters is 1. The molecule has 1 saturated heterocycles. The van der Waals surface area contributed by atoms with Gasteiger partial charge in [-0.1, -0.05) is 31.2 Å². The summed E-state index contributed by atoms with van der Waals surface area (Å²) in [5.74, 6) is 0.0201. The number of carbonyl (C=O) groups excluding carboxylic acids is 1. The van der Waals surface area contributed by atoms with Crippen LogP contribution in [0.1, 0.15) is 31.7 Å². The van der Waals surface area contributed by atoms with Crippen LogP contribution < -0.4 is 10.2 Å². The molecular weight excluding hydrogens is 410 g/mol. The van der Waals surface area contributed by atoms with Crippen molar-refractivity contribution in [2.45, 2.75) is 32.0 Å². The number of hydrogen-bond donors (Lipinski definition) is 1. The van der Waals surface area contributed by atoms with Crippen LogP contribution in [0.4, 0.5) is 0 Å². The molecule has 1 heterocycles. The molecule has 1 fully saturated rings. The second-order valence-corrected chi connectivity index (χ2v) is 7.79. The van der Waals surface area contributed by atoms with Gasteiger partial charge in [-0.2, -0.15) is 0 Å². The summed E-state index contributed by atoms with van der Waals surface area (Å²) in [5.41, 5.74) is 4.51. The Morgan fingerprint density at radius 2 is 1.72 bits per heavy atom. The van der Waals surface area contributed by atoms with Gasteiger partial charge in [-0.15, -0.1) is 0 Å². The summed E-state index contributed by atoms with van der Waals surface area (Å²) in [4.78, 5) is 17.2. The fourth-order valence-corrected chi connectivity index (χ4v) is 3.27. The van der Waals surface area contributed by atoms with E-state index in [4.69, 9.17) is 23.8 Å². The quantitative estimate of drug-likeness (QED) is 0.308. The lowest BCUT2D eigenvalue weighted by Gasteiger charge is -2.35. The van der Waals surface area contributed by atoms with Gasteiger partial charge in [0.2, 0.25) is 0 Å². The van der Waals surface area contributed by atoms with Gasteiger partial charge in [0.1, 0.15) is 11.5 Å². The third-order valence-electron chi connectivity index (χ3n) is 5.23. The minimum atomic E-state index is -1.29. The van der Waals surface area contributed by atoms with Crippen molar-refractivity contribution >= 4 is 11.7 Å². The van der Waals surface area contributed by atoms with Crippen molar-refractivity contribution in [1.82, 2.24) is 5.48 Å². The molecule has 0 aromatic heterocycles. The van der Waals surface area contributed by atoms with Crippen LogP contribution in [0.3, 0.4) is 0 Å². The Morgan fingerprint density at radius 3 is 2.38 bits per heavy atom. The van der Waals surface area contributed by atoms with Gasteiger partial charge in [-0.25, -0.2) is 4.79 Å². The topological polar surface area (TPSA) is 75.3 Å². The van der Waals surface area contributed by atoms with Crippen molar-refractivity contribution in [2.75, 3.05) is 26.9 Å². The van der Waals surface area contributed by atoms with E-state index in [0.717, 1.165) is 36.3 Å². The largest absolute Gasteiger partial charge is 0.465 e. The number of unbranched alkanes of at least 4 members (excludes halogenated alkanes) is 1. The van der Waals surface area contributed by atoms with E-state index in [1.54, 1.807) is 6.92 Å². The molecular formula is C25H31NO6. The number of nitrogens with one attached hydrogen (secondary N) is 1. The van der Waals surface area contributed by atoms with Crippen LogP contribution in [0, 0.1) is 5.92 Å². The van der Waals surface area contributed by atoms with Crippen molar-refractivity contribution in [1.29, 1.82) is 0 Å². The molecule has 1 N–H and O–H groups in total. The number of hydroxylamine groups is 1. The van der Waals surface area contributed by atoms with Crippen LogP contribution >= 0.6 is 0 Å². The zero-order valence-corrected chi connectivity index (χ0v) is 18.7. The lowest BCUT2D eigenvalue weighted by Crippen LogP contribution is -2.48. The molecule has 0 saturated carbocycles. The van der Waals surface area contributed by atoms with E-state index in [0.29, 0.717) is 25.5 Å². The Bertz CT molecular complexity index is 860. The molecule has 0 atom stereocenters. The number of methoxy groups -OCH3 is 1. The maximum atomic E-state index is 11.7. The van der Waals surface area contributed by atoms with Crippen LogP contribution in [0.2, 0.25) is 0 Å². The molecule has 3 rings (SSSR count). The SMILES string of the molecule is C=C(NOCCCCC1COC(C)(C(=O)OC)OC1)c1ccc(Oc2ccccc2)cc1. The van der Waals surface area contributed by atoms with Gasteiger partial charge in [0.25, 0.3) is 5.79 Å². The number of benzene rings is 2. The van der Waals surface area contributed by atoms with E-state index in [9.17, 15) is 4.79 Å². The summed E-state index contributed by atoms with van der Waals surface area (Å²) < 4.78 is 21.6. The zero-order valence-electron chi connectivity index (χ0n) is 18.7. The summed E-state index contributed by atoms with van der Waals surface area (Å²) in [6.07, 6.45) is 2.78. The maximum absolute atomic E-state index is 11.7. The number of ether oxygens (including phenoxy) is 4. The van der Waals surface area contributed by atoms with Crippen molar-refractivity contribution in [3.05, 3.63) is 66.7 Å². The average Bonchev–Trinajstić information content (AvgIpc) is 2.83. The lowest BCUT2D eigenvalue weighted by molar-refractivity contribution is -0.272. The van der Waals surface area contributed by atoms with Crippen LogP contribution in [0.25, 0.3) is 5.70 Å². The van der Waals surface area contributed by atoms with Gasteiger partial charge in [0.15, 0.2) is 0 Å². The Kier molecular flexibility index (Phi) is 8.67. The maximum Gasteiger partial charge on any atom is 0.366 e. The molecule has 0 amide bonds. The highest BCUT2D eigenvalue weighted by atomic mass is 16.7. The first kappa shape index (κ1) is 23.8. The molecule has 0 bridgehead atoms. The molecule has 1 aliphatic rings. The average molecular weight is 442 g/mol. The summed E-state index contributed by atoms with van der Waals surface area (Å²) in [7, 11) is 1.32. The standard InChI is InChI=1S/C25H31NO6/c1-19(21-12-14-23(15-13-21)32-22-10-5-4-6-11-22)26-31-16-8-7-9-20-17-29-25(2,30-18-20)24(27)28-3/h4-6,10-15,20,26H,1,7-9,16-18H2,2-3H3. The van der Waals surface area contributed by atoms with Crippen molar-refractivity contribution in [3.63, 3.8) is 0 Å². The second kappa shape index (κ2) is 11.7. The summed E-state index contributed by atoms with van der Waals surface area (Å²) in [5, 5.41) is 0. The lowest BCUT2D eigenvalue weighted by atomic mass is 10.0. The van der Waals surface area contributed by atoms with E-state index in [1.807, 2.05) is 54.6 Å². The van der Waals surface area contributed by atoms with Crippen LogP contribution in [0.15, 0.2) is 61.2 Å². The van der Waals surface area contributed by atoms with Gasteiger partial charge in [-0.3, -0.25) is 10.3 Å². The molecule has 0 radical (unpaired) electrons. The molecule has 0 unspecified atom stereocenters. The minimum absolute atomic E-state index is 0.257. The van der Waals surface area contributed by atoms with Crippen molar-refractivity contribution in [3.8, 4) is 11.5 Å².